The summed E-state index contributed by atoms with van der Waals surface area (Å²) in [5.74, 6) is 1.83. The molecule has 0 bridgehead atoms. The summed E-state index contributed by atoms with van der Waals surface area (Å²) in [6, 6.07) is 16.5. The van der Waals surface area contributed by atoms with Crippen LogP contribution in [0.15, 0.2) is 48.5 Å². The van der Waals surface area contributed by atoms with Gasteiger partial charge in [0.15, 0.2) is 11.5 Å². The van der Waals surface area contributed by atoms with Crippen molar-refractivity contribution < 1.29 is 9.47 Å². The summed E-state index contributed by atoms with van der Waals surface area (Å²) in [4.78, 5) is 0. The highest BCUT2D eigenvalue weighted by atomic mass is 16.5. The summed E-state index contributed by atoms with van der Waals surface area (Å²) in [7, 11) is 3.30. The smallest absolute Gasteiger partial charge is 0.160 e. The van der Waals surface area contributed by atoms with Crippen molar-refractivity contribution in [3.63, 3.8) is 0 Å². The maximum Gasteiger partial charge on any atom is 0.160 e. The van der Waals surface area contributed by atoms with Gasteiger partial charge < -0.3 is 15.2 Å². The predicted octanol–water partition coefficient (Wildman–Crippen LogP) is 3.38. The highest BCUT2D eigenvalue weighted by Crippen LogP contribution is 2.31. The fourth-order valence-corrected chi connectivity index (χ4v) is 2.51. The molecule has 0 aliphatic carbocycles. The van der Waals surface area contributed by atoms with Crippen molar-refractivity contribution in [1.29, 1.82) is 0 Å². The molecule has 3 heteroatoms. The van der Waals surface area contributed by atoms with Crippen LogP contribution < -0.4 is 15.2 Å². The van der Waals surface area contributed by atoms with E-state index >= 15 is 0 Å². The average molecular weight is 285 g/mol. The highest BCUT2D eigenvalue weighted by Gasteiger charge is 2.13. The van der Waals surface area contributed by atoms with Gasteiger partial charge in [0.05, 0.1) is 14.2 Å². The molecule has 2 aromatic rings. The second kappa shape index (κ2) is 7.70. The van der Waals surface area contributed by atoms with E-state index in [1.165, 1.54) is 11.1 Å². The molecule has 0 heterocycles. The molecular formula is C18H23NO2. The zero-order valence-corrected chi connectivity index (χ0v) is 12.7. The number of nitrogens with two attached hydrogens (primary N) is 1. The Balaban J connectivity index is 2.10. The first kappa shape index (κ1) is 15.4. The first-order chi connectivity index (χ1) is 10.3. The second-order valence-electron chi connectivity index (χ2n) is 5.07. The Morgan fingerprint density at radius 2 is 1.67 bits per heavy atom. The van der Waals surface area contributed by atoms with Crippen LogP contribution in [-0.2, 0) is 6.42 Å². The minimum absolute atomic E-state index is 0.324. The molecule has 2 rings (SSSR count). The molecule has 0 amide bonds. The standard InChI is InChI=1S/C18H23NO2/c1-20-17-11-10-15(12-18(17)21-2)16(13-19)9-8-14-6-4-3-5-7-14/h3-7,10-12,16H,8-9,13,19H2,1-2H3. The van der Waals surface area contributed by atoms with Gasteiger partial charge in [-0.25, -0.2) is 0 Å². The monoisotopic (exact) mass is 285 g/mol. The Hall–Kier alpha value is -2.00. The van der Waals surface area contributed by atoms with Crippen LogP contribution in [-0.4, -0.2) is 20.8 Å². The molecule has 1 unspecified atom stereocenters. The van der Waals surface area contributed by atoms with E-state index < -0.39 is 0 Å². The number of rotatable bonds is 7. The number of benzene rings is 2. The van der Waals surface area contributed by atoms with E-state index in [0.717, 1.165) is 24.3 Å². The van der Waals surface area contributed by atoms with Gasteiger partial charge in [0, 0.05) is 0 Å². The molecule has 0 fully saturated rings. The van der Waals surface area contributed by atoms with Gasteiger partial charge in [-0.2, -0.15) is 0 Å². The van der Waals surface area contributed by atoms with Gasteiger partial charge in [0.1, 0.15) is 0 Å². The predicted molar refractivity (Wildman–Crippen MR) is 86.1 cm³/mol. The molecule has 0 saturated heterocycles. The van der Waals surface area contributed by atoms with Gasteiger partial charge in [0.25, 0.3) is 0 Å². The molecule has 1 atom stereocenters. The van der Waals surface area contributed by atoms with Crippen molar-refractivity contribution in [2.45, 2.75) is 18.8 Å². The summed E-state index contributed by atoms with van der Waals surface area (Å²) in [5.41, 5.74) is 8.50. The van der Waals surface area contributed by atoms with Gasteiger partial charge in [-0.15, -0.1) is 0 Å². The van der Waals surface area contributed by atoms with Gasteiger partial charge >= 0.3 is 0 Å². The second-order valence-corrected chi connectivity index (χ2v) is 5.07. The van der Waals surface area contributed by atoms with E-state index in [9.17, 15) is 0 Å². The van der Waals surface area contributed by atoms with Crippen LogP contribution in [0.5, 0.6) is 11.5 Å². The van der Waals surface area contributed by atoms with E-state index in [0.29, 0.717) is 12.5 Å². The number of methoxy groups -OCH3 is 2. The van der Waals surface area contributed by atoms with Crippen molar-refractivity contribution in [3.8, 4) is 11.5 Å². The number of aryl methyl sites for hydroxylation is 1. The lowest BCUT2D eigenvalue weighted by molar-refractivity contribution is 0.354. The third-order valence-electron chi connectivity index (χ3n) is 3.79. The van der Waals surface area contributed by atoms with Gasteiger partial charge in [0.2, 0.25) is 0 Å². The number of hydrogen-bond donors (Lipinski definition) is 1. The Morgan fingerprint density at radius 1 is 0.952 bits per heavy atom. The van der Waals surface area contributed by atoms with E-state index in [1.54, 1.807) is 14.2 Å². The van der Waals surface area contributed by atoms with Gasteiger partial charge in [-0.1, -0.05) is 36.4 Å². The third-order valence-corrected chi connectivity index (χ3v) is 3.79. The molecule has 2 N–H and O–H groups in total. The van der Waals surface area contributed by atoms with Crippen LogP contribution in [0.3, 0.4) is 0 Å². The van der Waals surface area contributed by atoms with Crippen LogP contribution >= 0.6 is 0 Å². The molecular weight excluding hydrogens is 262 g/mol. The zero-order chi connectivity index (χ0) is 15.1. The topological polar surface area (TPSA) is 44.5 Å². The SMILES string of the molecule is COc1ccc(C(CN)CCc2ccccc2)cc1OC. The van der Waals surface area contributed by atoms with Gasteiger partial charge in [-0.3, -0.25) is 0 Å². The minimum Gasteiger partial charge on any atom is -0.493 e. The fraction of sp³-hybridized carbons (Fsp3) is 0.333. The van der Waals surface area contributed by atoms with Crippen LogP contribution in [0.2, 0.25) is 0 Å². The van der Waals surface area contributed by atoms with Crippen molar-refractivity contribution in [2.24, 2.45) is 5.73 Å². The average Bonchev–Trinajstić information content (AvgIpc) is 2.56. The molecule has 0 aliphatic rings. The first-order valence-electron chi connectivity index (χ1n) is 7.24. The largest absolute Gasteiger partial charge is 0.493 e. The quantitative estimate of drug-likeness (QED) is 0.848. The van der Waals surface area contributed by atoms with E-state index in [-0.39, 0.29) is 0 Å². The Bertz CT molecular complexity index is 554. The molecule has 0 aliphatic heterocycles. The van der Waals surface area contributed by atoms with E-state index in [4.69, 9.17) is 15.2 Å². The Labute approximate surface area is 126 Å². The first-order valence-corrected chi connectivity index (χ1v) is 7.24. The number of hydrogen-bond acceptors (Lipinski definition) is 3. The lowest BCUT2D eigenvalue weighted by Gasteiger charge is -2.17. The Morgan fingerprint density at radius 3 is 2.29 bits per heavy atom. The maximum atomic E-state index is 5.96. The molecule has 21 heavy (non-hydrogen) atoms. The van der Waals surface area contributed by atoms with Crippen molar-refractivity contribution in [2.75, 3.05) is 20.8 Å². The van der Waals surface area contributed by atoms with Crippen molar-refractivity contribution in [3.05, 3.63) is 59.7 Å². The molecule has 2 aromatic carbocycles. The van der Waals surface area contributed by atoms with Crippen LogP contribution in [0.1, 0.15) is 23.5 Å². The van der Waals surface area contributed by atoms with E-state index in [1.807, 2.05) is 18.2 Å². The van der Waals surface area contributed by atoms with Crippen molar-refractivity contribution >= 4 is 0 Å². The summed E-state index contributed by atoms with van der Waals surface area (Å²) in [6.07, 6.45) is 2.05. The number of ether oxygens (including phenoxy) is 2. The summed E-state index contributed by atoms with van der Waals surface area (Å²) >= 11 is 0. The lowest BCUT2D eigenvalue weighted by atomic mass is 9.92. The van der Waals surface area contributed by atoms with E-state index in [2.05, 4.69) is 30.3 Å². The van der Waals surface area contributed by atoms with Crippen LogP contribution in [0, 0.1) is 0 Å². The molecule has 112 valence electrons. The zero-order valence-electron chi connectivity index (χ0n) is 12.7. The van der Waals surface area contributed by atoms with Gasteiger partial charge in [-0.05, 0) is 48.6 Å². The summed E-state index contributed by atoms with van der Waals surface area (Å²) < 4.78 is 10.6. The molecule has 0 radical (unpaired) electrons. The maximum absolute atomic E-state index is 5.96. The summed E-state index contributed by atoms with van der Waals surface area (Å²) in [5, 5.41) is 0. The molecule has 0 saturated carbocycles. The third kappa shape index (κ3) is 3.99. The highest BCUT2D eigenvalue weighted by molar-refractivity contribution is 5.44. The lowest BCUT2D eigenvalue weighted by Crippen LogP contribution is -2.13. The van der Waals surface area contributed by atoms with Crippen LogP contribution in [0.4, 0.5) is 0 Å². The minimum atomic E-state index is 0.324. The van der Waals surface area contributed by atoms with Crippen LogP contribution in [0.25, 0.3) is 0 Å². The van der Waals surface area contributed by atoms with Crippen molar-refractivity contribution in [1.82, 2.24) is 0 Å². The normalized spacial score (nSPS) is 12.0. The molecule has 0 spiro atoms. The fourth-order valence-electron chi connectivity index (χ4n) is 2.51. The summed E-state index contributed by atoms with van der Waals surface area (Å²) in [6.45, 7) is 0.627. The molecule has 3 nitrogen and oxygen atoms in total. The Kier molecular flexibility index (Phi) is 5.64. The molecule has 0 aromatic heterocycles.